The van der Waals surface area contributed by atoms with Crippen molar-refractivity contribution in [3.63, 3.8) is 0 Å². The fourth-order valence-electron chi connectivity index (χ4n) is 4.88. The smallest absolute Gasteiger partial charge is 0.338 e. The molecule has 0 bridgehead atoms. The molecule has 194 valence electrons. The Morgan fingerprint density at radius 1 is 1.11 bits per heavy atom. The van der Waals surface area contributed by atoms with Crippen LogP contribution in [0.15, 0.2) is 71.0 Å². The summed E-state index contributed by atoms with van der Waals surface area (Å²) in [4.78, 5) is 18.4. The van der Waals surface area contributed by atoms with Crippen LogP contribution < -0.4 is 10.1 Å². The Labute approximate surface area is 222 Å². The lowest BCUT2D eigenvalue weighted by Crippen LogP contribution is -2.32. The third-order valence-corrected chi connectivity index (χ3v) is 7.65. The van der Waals surface area contributed by atoms with Gasteiger partial charge in [-0.25, -0.2) is 9.48 Å². The number of nitrogens with zero attached hydrogens (tertiary/aromatic N) is 3. The third kappa shape index (κ3) is 6.01. The highest BCUT2D eigenvalue weighted by atomic mass is 32.2. The van der Waals surface area contributed by atoms with Crippen LogP contribution in [0.1, 0.15) is 69.5 Å². The largest absolute Gasteiger partial charge is 0.494 e. The first-order valence-electron chi connectivity index (χ1n) is 13.2. The number of hydrogen-bond donors (Lipinski definition) is 1. The van der Waals surface area contributed by atoms with E-state index in [1.54, 1.807) is 11.8 Å². The molecular formula is C29H34N4O3S. The fourth-order valence-corrected chi connectivity index (χ4v) is 5.66. The van der Waals surface area contributed by atoms with Crippen LogP contribution in [0.25, 0.3) is 0 Å². The first-order chi connectivity index (χ1) is 18.1. The van der Waals surface area contributed by atoms with Gasteiger partial charge in [-0.05, 0) is 62.3 Å². The van der Waals surface area contributed by atoms with Crippen molar-refractivity contribution in [3.8, 4) is 5.75 Å². The molecule has 3 aromatic rings. The van der Waals surface area contributed by atoms with Crippen molar-refractivity contribution in [2.45, 2.75) is 75.4 Å². The Morgan fingerprint density at radius 2 is 1.92 bits per heavy atom. The second kappa shape index (κ2) is 11.9. The number of fused-ring (bicyclic) bond motifs is 1. The molecule has 0 radical (unpaired) electrons. The summed E-state index contributed by atoms with van der Waals surface area (Å²) in [7, 11) is 0. The molecule has 0 saturated heterocycles. The van der Waals surface area contributed by atoms with E-state index in [2.05, 4.69) is 24.4 Å². The summed E-state index contributed by atoms with van der Waals surface area (Å²) in [6, 6.07) is 17.7. The summed E-state index contributed by atoms with van der Waals surface area (Å²) in [5.41, 5.74) is 3.42. The van der Waals surface area contributed by atoms with Crippen molar-refractivity contribution >= 4 is 23.7 Å². The van der Waals surface area contributed by atoms with Crippen molar-refractivity contribution < 1.29 is 14.3 Å². The number of allylic oxidation sites excluding steroid dienone is 1. The Hall–Kier alpha value is -3.26. The van der Waals surface area contributed by atoms with E-state index in [0.29, 0.717) is 23.3 Å². The number of carbonyl (C=O) groups excluding carboxylic acids is 1. The van der Waals surface area contributed by atoms with Crippen LogP contribution in [0.5, 0.6) is 5.75 Å². The molecule has 8 heteroatoms. The quantitative estimate of drug-likeness (QED) is 0.255. The van der Waals surface area contributed by atoms with Gasteiger partial charge in [0.15, 0.2) is 0 Å². The highest BCUT2D eigenvalue weighted by molar-refractivity contribution is 7.98. The number of anilines is 1. The maximum absolute atomic E-state index is 13.6. The molecule has 1 fully saturated rings. The summed E-state index contributed by atoms with van der Waals surface area (Å²) in [6.07, 6.45) is 6.14. The molecule has 1 aliphatic carbocycles. The predicted octanol–water partition coefficient (Wildman–Crippen LogP) is 6.52. The van der Waals surface area contributed by atoms with Gasteiger partial charge in [-0.15, -0.1) is 5.10 Å². The molecule has 1 aromatic heterocycles. The van der Waals surface area contributed by atoms with Gasteiger partial charge < -0.3 is 14.8 Å². The average Bonchev–Trinajstić information content (AvgIpc) is 3.33. The molecule has 1 aliphatic heterocycles. The van der Waals surface area contributed by atoms with Gasteiger partial charge in [0, 0.05) is 11.4 Å². The van der Waals surface area contributed by atoms with Crippen molar-refractivity contribution in [3.05, 3.63) is 77.0 Å². The van der Waals surface area contributed by atoms with Crippen molar-refractivity contribution in [2.24, 2.45) is 0 Å². The second-order valence-corrected chi connectivity index (χ2v) is 10.5. The van der Waals surface area contributed by atoms with Gasteiger partial charge in [0.2, 0.25) is 11.1 Å². The lowest BCUT2D eigenvalue weighted by molar-refractivity contribution is -0.146. The Morgan fingerprint density at radius 3 is 2.70 bits per heavy atom. The van der Waals surface area contributed by atoms with Crippen LogP contribution in [0.4, 0.5) is 5.95 Å². The van der Waals surface area contributed by atoms with Gasteiger partial charge in [0.05, 0.1) is 12.2 Å². The highest BCUT2D eigenvalue weighted by Crippen LogP contribution is 2.38. The SMILES string of the molecule is CCCOc1cccc(C2C(C(=O)OC3CCCCC3)=C(C)Nc3nc(SCc4ccccc4)nn32)c1. The highest BCUT2D eigenvalue weighted by Gasteiger charge is 2.36. The molecule has 0 spiro atoms. The van der Waals surface area contributed by atoms with E-state index in [4.69, 9.17) is 19.6 Å². The maximum Gasteiger partial charge on any atom is 0.338 e. The van der Waals surface area contributed by atoms with E-state index in [1.165, 1.54) is 12.0 Å². The predicted molar refractivity (Wildman–Crippen MR) is 146 cm³/mol. The minimum Gasteiger partial charge on any atom is -0.494 e. The van der Waals surface area contributed by atoms with Gasteiger partial charge in [-0.1, -0.05) is 67.6 Å². The fraction of sp³-hybridized carbons (Fsp3) is 0.414. The number of carbonyl (C=O) groups is 1. The Bertz CT molecular complexity index is 1250. The zero-order valence-corrected chi connectivity index (χ0v) is 22.3. The first-order valence-corrected chi connectivity index (χ1v) is 14.2. The summed E-state index contributed by atoms with van der Waals surface area (Å²) >= 11 is 1.58. The number of rotatable bonds is 9. The van der Waals surface area contributed by atoms with E-state index in [9.17, 15) is 4.79 Å². The Kier molecular flexibility index (Phi) is 8.14. The normalized spacial score (nSPS) is 17.7. The molecule has 2 heterocycles. The zero-order chi connectivity index (χ0) is 25.6. The molecule has 1 N–H and O–H groups in total. The molecule has 1 atom stereocenters. The van der Waals surface area contributed by atoms with E-state index in [1.807, 2.05) is 54.1 Å². The molecule has 2 aromatic carbocycles. The molecule has 5 rings (SSSR count). The summed E-state index contributed by atoms with van der Waals surface area (Å²) in [5, 5.41) is 8.83. The van der Waals surface area contributed by atoms with Crippen molar-refractivity contribution in [1.82, 2.24) is 14.8 Å². The summed E-state index contributed by atoms with van der Waals surface area (Å²) in [5.74, 6) is 1.86. The molecule has 7 nitrogen and oxygen atoms in total. The average molecular weight is 519 g/mol. The number of ether oxygens (including phenoxy) is 2. The van der Waals surface area contributed by atoms with Crippen LogP contribution in [0.2, 0.25) is 0 Å². The van der Waals surface area contributed by atoms with Crippen molar-refractivity contribution in [2.75, 3.05) is 11.9 Å². The number of aromatic nitrogens is 3. The van der Waals surface area contributed by atoms with Gasteiger partial charge in [0.25, 0.3) is 0 Å². The van der Waals surface area contributed by atoms with Crippen LogP contribution >= 0.6 is 11.8 Å². The number of benzene rings is 2. The number of hydrogen-bond acceptors (Lipinski definition) is 7. The Balaban J connectivity index is 1.47. The van der Waals surface area contributed by atoms with Crippen LogP contribution in [-0.2, 0) is 15.3 Å². The lowest BCUT2D eigenvalue weighted by atomic mass is 9.94. The third-order valence-electron chi connectivity index (χ3n) is 6.74. The molecule has 1 unspecified atom stereocenters. The van der Waals surface area contributed by atoms with Gasteiger partial charge in [0.1, 0.15) is 17.9 Å². The number of thioether (sulfide) groups is 1. The van der Waals surface area contributed by atoms with Crippen molar-refractivity contribution in [1.29, 1.82) is 0 Å². The first kappa shape index (κ1) is 25.4. The minimum atomic E-state index is -0.462. The van der Waals surface area contributed by atoms with E-state index in [-0.39, 0.29) is 12.1 Å². The monoisotopic (exact) mass is 518 g/mol. The van der Waals surface area contributed by atoms with Crippen LogP contribution in [-0.4, -0.2) is 33.4 Å². The molecule has 1 saturated carbocycles. The van der Waals surface area contributed by atoms with Crippen LogP contribution in [0, 0.1) is 0 Å². The molecular weight excluding hydrogens is 484 g/mol. The molecule has 37 heavy (non-hydrogen) atoms. The summed E-state index contributed by atoms with van der Waals surface area (Å²) < 4.78 is 13.8. The molecule has 0 amide bonds. The van der Waals surface area contributed by atoms with Gasteiger partial charge >= 0.3 is 5.97 Å². The summed E-state index contributed by atoms with van der Waals surface area (Å²) in [6.45, 7) is 4.63. The standard InChI is InChI=1S/C29H34N4O3S/c1-3-17-35-24-16-10-13-22(18-24)26-25(27(34)36-23-14-8-5-9-15-23)20(2)30-28-31-29(32-33(26)28)37-19-21-11-6-4-7-12-21/h4,6-7,10-13,16,18,23,26H,3,5,8-9,14-15,17,19H2,1-2H3,(H,30,31,32). The molecule has 2 aliphatic rings. The van der Waals surface area contributed by atoms with E-state index < -0.39 is 6.04 Å². The van der Waals surface area contributed by atoms with Gasteiger partial charge in [-0.3, -0.25) is 0 Å². The number of esters is 1. The zero-order valence-electron chi connectivity index (χ0n) is 21.5. The topological polar surface area (TPSA) is 78.3 Å². The maximum atomic E-state index is 13.6. The van der Waals surface area contributed by atoms with E-state index in [0.717, 1.165) is 54.9 Å². The van der Waals surface area contributed by atoms with Gasteiger partial charge in [-0.2, -0.15) is 4.98 Å². The second-order valence-electron chi connectivity index (χ2n) is 9.59. The number of nitrogens with one attached hydrogen (secondary N) is 1. The lowest BCUT2D eigenvalue weighted by Gasteiger charge is -2.30. The minimum absolute atomic E-state index is 0.0319. The van der Waals surface area contributed by atoms with E-state index >= 15 is 0 Å². The van der Waals surface area contributed by atoms with Crippen LogP contribution in [0.3, 0.4) is 0 Å².